The lowest BCUT2D eigenvalue weighted by atomic mass is 9.96. The first-order valence-electron chi connectivity index (χ1n) is 4.68. The Labute approximate surface area is 89.6 Å². The Hall–Kier alpha value is -0.0500. The van der Waals surface area contributed by atoms with Crippen LogP contribution < -0.4 is 5.32 Å². The zero-order valence-electron chi connectivity index (χ0n) is 9.15. The number of hydrogen-bond donors (Lipinski definition) is 1. The van der Waals surface area contributed by atoms with Crippen LogP contribution in [-0.2, 0) is 4.79 Å². The summed E-state index contributed by atoms with van der Waals surface area (Å²) < 4.78 is 0. The van der Waals surface area contributed by atoms with Crippen molar-refractivity contribution >= 4 is 21.8 Å². The Balaban J connectivity index is 4.15. The summed E-state index contributed by atoms with van der Waals surface area (Å²) in [5.41, 5.74) is -0.153. The minimum atomic E-state index is -0.153. The second-order valence-corrected chi connectivity index (χ2v) is 5.10. The quantitative estimate of drug-likeness (QED) is 0.763. The van der Waals surface area contributed by atoms with Gasteiger partial charge in [-0.2, -0.15) is 0 Å². The minimum Gasteiger partial charge on any atom is -0.350 e. The summed E-state index contributed by atoms with van der Waals surface area (Å²) in [5, 5.41) is 3.78. The molecule has 13 heavy (non-hydrogen) atoms. The van der Waals surface area contributed by atoms with E-state index < -0.39 is 0 Å². The van der Waals surface area contributed by atoms with E-state index in [-0.39, 0.29) is 17.4 Å². The van der Waals surface area contributed by atoms with Crippen molar-refractivity contribution in [2.24, 2.45) is 11.8 Å². The highest BCUT2D eigenvalue weighted by Gasteiger charge is 2.23. The van der Waals surface area contributed by atoms with Gasteiger partial charge in [-0.1, -0.05) is 36.7 Å². The Morgan fingerprint density at radius 2 is 1.85 bits per heavy atom. The van der Waals surface area contributed by atoms with Crippen molar-refractivity contribution in [1.29, 1.82) is 0 Å². The first-order valence-corrected chi connectivity index (χ1v) is 5.80. The maximum atomic E-state index is 11.6. The van der Waals surface area contributed by atoms with E-state index >= 15 is 0 Å². The molecule has 0 bridgehead atoms. The van der Waals surface area contributed by atoms with Crippen LogP contribution in [0.2, 0.25) is 0 Å². The Bertz CT molecular complexity index is 178. The molecular weight excluding hydrogens is 230 g/mol. The number of carbonyl (C=O) groups excluding carboxylic acids is 1. The summed E-state index contributed by atoms with van der Waals surface area (Å²) >= 11 is 3.37. The molecule has 1 unspecified atom stereocenters. The molecule has 1 amide bonds. The molecule has 0 aromatic carbocycles. The molecule has 0 saturated heterocycles. The summed E-state index contributed by atoms with van der Waals surface area (Å²) in [6.07, 6.45) is 0. The van der Waals surface area contributed by atoms with Gasteiger partial charge in [0.1, 0.15) is 0 Å². The van der Waals surface area contributed by atoms with E-state index in [0.717, 1.165) is 5.33 Å². The number of alkyl halides is 1. The number of amides is 1. The number of carbonyl (C=O) groups is 1. The maximum Gasteiger partial charge on any atom is 0.223 e. The van der Waals surface area contributed by atoms with Gasteiger partial charge in [0, 0.05) is 16.8 Å². The average Bonchev–Trinajstić information content (AvgIpc) is 2.02. The molecule has 1 atom stereocenters. The third kappa shape index (κ3) is 4.65. The number of rotatable bonds is 4. The molecule has 0 aromatic heterocycles. The van der Waals surface area contributed by atoms with E-state index in [9.17, 15) is 4.79 Å². The summed E-state index contributed by atoms with van der Waals surface area (Å²) in [6, 6.07) is 0. The Morgan fingerprint density at radius 3 is 2.15 bits per heavy atom. The third-order valence-electron chi connectivity index (χ3n) is 2.21. The first-order chi connectivity index (χ1) is 5.80. The highest BCUT2D eigenvalue weighted by atomic mass is 79.9. The molecule has 0 radical (unpaired) electrons. The van der Waals surface area contributed by atoms with Crippen LogP contribution in [0.4, 0.5) is 0 Å². The van der Waals surface area contributed by atoms with E-state index in [2.05, 4.69) is 35.1 Å². The lowest BCUT2D eigenvalue weighted by molar-refractivity contribution is -0.127. The van der Waals surface area contributed by atoms with Crippen LogP contribution in [0.15, 0.2) is 0 Å². The van der Waals surface area contributed by atoms with Gasteiger partial charge in [-0.25, -0.2) is 0 Å². The second kappa shape index (κ2) is 4.99. The fourth-order valence-corrected chi connectivity index (χ4v) is 0.924. The molecule has 0 saturated carbocycles. The van der Waals surface area contributed by atoms with E-state index in [4.69, 9.17) is 0 Å². The molecule has 0 rings (SSSR count). The summed E-state index contributed by atoms with van der Waals surface area (Å²) in [4.78, 5) is 11.6. The predicted molar refractivity (Wildman–Crippen MR) is 60.0 cm³/mol. The average molecular weight is 250 g/mol. The standard InChI is InChI=1S/C10H20BrNO/c1-7(2)8(3)9(13)12-10(4,5)6-11/h7-8H,6H2,1-5H3,(H,12,13). The molecular formula is C10H20BrNO. The fraction of sp³-hybridized carbons (Fsp3) is 0.900. The summed E-state index contributed by atoms with van der Waals surface area (Å²) in [5.74, 6) is 0.615. The summed E-state index contributed by atoms with van der Waals surface area (Å²) in [7, 11) is 0. The molecule has 2 nitrogen and oxygen atoms in total. The largest absolute Gasteiger partial charge is 0.350 e. The zero-order chi connectivity index (χ0) is 10.6. The lowest BCUT2D eigenvalue weighted by Crippen LogP contribution is -2.47. The van der Waals surface area contributed by atoms with Crippen LogP contribution in [0, 0.1) is 11.8 Å². The molecule has 1 N–H and O–H groups in total. The van der Waals surface area contributed by atoms with Crippen molar-refractivity contribution in [3.63, 3.8) is 0 Å². The summed E-state index contributed by atoms with van der Waals surface area (Å²) in [6.45, 7) is 10.1. The molecule has 0 heterocycles. The van der Waals surface area contributed by atoms with Crippen LogP contribution in [0.3, 0.4) is 0 Å². The van der Waals surface area contributed by atoms with E-state index in [1.165, 1.54) is 0 Å². The van der Waals surface area contributed by atoms with Gasteiger partial charge >= 0.3 is 0 Å². The van der Waals surface area contributed by atoms with Crippen LogP contribution in [0.1, 0.15) is 34.6 Å². The highest BCUT2D eigenvalue weighted by molar-refractivity contribution is 9.09. The van der Waals surface area contributed by atoms with Crippen LogP contribution in [0.5, 0.6) is 0 Å². The van der Waals surface area contributed by atoms with Crippen molar-refractivity contribution < 1.29 is 4.79 Å². The third-order valence-corrected chi connectivity index (χ3v) is 3.61. The molecule has 3 heteroatoms. The van der Waals surface area contributed by atoms with E-state index in [1.54, 1.807) is 0 Å². The van der Waals surface area contributed by atoms with Gasteiger partial charge in [0.2, 0.25) is 5.91 Å². The van der Waals surface area contributed by atoms with Gasteiger partial charge in [-0.05, 0) is 19.8 Å². The van der Waals surface area contributed by atoms with Gasteiger partial charge in [-0.15, -0.1) is 0 Å². The monoisotopic (exact) mass is 249 g/mol. The maximum absolute atomic E-state index is 11.6. The molecule has 0 fully saturated rings. The van der Waals surface area contributed by atoms with Gasteiger partial charge in [0.25, 0.3) is 0 Å². The molecule has 78 valence electrons. The van der Waals surface area contributed by atoms with Gasteiger partial charge in [0.15, 0.2) is 0 Å². The van der Waals surface area contributed by atoms with Gasteiger partial charge in [0.05, 0.1) is 0 Å². The number of nitrogens with one attached hydrogen (secondary N) is 1. The van der Waals surface area contributed by atoms with E-state index in [0.29, 0.717) is 5.92 Å². The van der Waals surface area contributed by atoms with Gasteiger partial charge in [-0.3, -0.25) is 4.79 Å². The topological polar surface area (TPSA) is 29.1 Å². The number of hydrogen-bond acceptors (Lipinski definition) is 1. The Morgan fingerprint density at radius 1 is 1.38 bits per heavy atom. The van der Waals surface area contributed by atoms with Crippen LogP contribution >= 0.6 is 15.9 Å². The molecule has 0 aliphatic heterocycles. The fourth-order valence-electron chi connectivity index (χ4n) is 0.784. The Kier molecular flexibility index (Phi) is 4.97. The van der Waals surface area contributed by atoms with Crippen LogP contribution in [-0.4, -0.2) is 16.8 Å². The van der Waals surface area contributed by atoms with Gasteiger partial charge < -0.3 is 5.32 Å². The molecule has 0 aromatic rings. The highest BCUT2D eigenvalue weighted by Crippen LogP contribution is 2.13. The first kappa shape index (κ1) is 12.9. The van der Waals surface area contributed by atoms with Crippen LogP contribution in [0.25, 0.3) is 0 Å². The SMILES string of the molecule is CC(C)C(C)C(=O)NC(C)(C)CBr. The zero-order valence-corrected chi connectivity index (χ0v) is 10.7. The van der Waals surface area contributed by atoms with Crippen molar-refractivity contribution in [1.82, 2.24) is 5.32 Å². The predicted octanol–water partition coefficient (Wildman–Crippen LogP) is 2.57. The van der Waals surface area contributed by atoms with E-state index in [1.807, 2.05) is 20.8 Å². The number of halogens is 1. The molecule has 0 aliphatic carbocycles. The molecule has 0 aliphatic rings. The van der Waals surface area contributed by atoms with Crippen molar-refractivity contribution in [3.8, 4) is 0 Å². The van der Waals surface area contributed by atoms with Crippen molar-refractivity contribution in [2.75, 3.05) is 5.33 Å². The van der Waals surface area contributed by atoms with Crippen molar-refractivity contribution in [2.45, 2.75) is 40.2 Å². The van der Waals surface area contributed by atoms with Crippen molar-refractivity contribution in [3.05, 3.63) is 0 Å². The lowest BCUT2D eigenvalue weighted by Gasteiger charge is -2.26. The smallest absolute Gasteiger partial charge is 0.223 e. The normalized spacial score (nSPS) is 14.4. The molecule has 0 spiro atoms. The second-order valence-electron chi connectivity index (χ2n) is 4.54. The minimum absolute atomic E-state index is 0.0818.